The first-order chi connectivity index (χ1) is 18.1. The minimum atomic E-state index is -0.158. The molecule has 188 valence electrons. The Kier molecular flexibility index (Phi) is 6.69. The van der Waals surface area contributed by atoms with Gasteiger partial charge in [-0.15, -0.1) is 11.3 Å². The van der Waals surface area contributed by atoms with E-state index in [0.29, 0.717) is 16.8 Å². The van der Waals surface area contributed by atoms with E-state index in [1.54, 1.807) is 6.20 Å². The van der Waals surface area contributed by atoms with Crippen molar-refractivity contribution < 1.29 is 4.79 Å². The number of fused-ring (bicyclic) bond motifs is 4. The Bertz CT molecular complexity index is 1480. The highest BCUT2D eigenvalue weighted by molar-refractivity contribution is 7.99. The first-order valence-corrected chi connectivity index (χ1v) is 14.6. The molecule has 2 aromatic heterocycles. The highest BCUT2D eigenvalue weighted by Gasteiger charge is 2.44. The molecule has 0 radical (unpaired) electrons. The average Bonchev–Trinajstić information content (AvgIpc) is 3.60. The van der Waals surface area contributed by atoms with Gasteiger partial charge in [-0.05, 0) is 36.8 Å². The molecule has 1 saturated carbocycles. The van der Waals surface area contributed by atoms with E-state index in [-0.39, 0.29) is 22.6 Å². The molecule has 1 N–H and O–H groups in total. The van der Waals surface area contributed by atoms with Crippen LogP contribution in [-0.4, -0.2) is 26.2 Å². The van der Waals surface area contributed by atoms with E-state index >= 15 is 0 Å². The zero-order chi connectivity index (χ0) is 25.2. The topological polar surface area (TPSA) is 76.9 Å². The highest BCUT2D eigenvalue weighted by Crippen LogP contribution is 2.50. The number of hydrogen-bond donors (Lipinski definition) is 1. The maximum atomic E-state index is 14.3. The van der Waals surface area contributed by atoms with Gasteiger partial charge in [0.1, 0.15) is 0 Å². The largest absolute Gasteiger partial charge is 0.301 e. The third-order valence-corrected chi connectivity index (χ3v) is 9.17. The molecule has 0 aliphatic heterocycles. The normalized spacial score (nSPS) is 15.4. The van der Waals surface area contributed by atoms with Gasteiger partial charge < -0.3 is 5.32 Å². The fourth-order valence-corrected chi connectivity index (χ4v) is 7.17. The summed E-state index contributed by atoms with van der Waals surface area (Å²) in [5, 5.41) is 5.83. The number of amides is 1. The van der Waals surface area contributed by atoms with Gasteiger partial charge in [-0.1, -0.05) is 79.2 Å². The van der Waals surface area contributed by atoms with Crippen LogP contribution in [0.3, 0.4) is 0 Å². The van der Waals surface area contributed by atoms with Gasteiger partial charge in [-0.3, -0.25) is 14.2 Å². The minimum Gasteiger partial charge on any atom is -0.301 e. The van der Waals surface area contributed by atoms with Crippen LogP contribution in [0.4, 0.5) is 5.13 Å². The van der Waals surface area contributed by atoms with Gasteiger partial charge in [0.05, 0.1) is 17.0 Å². The molecule has 37 heavy (non-hydrogen) atoms. The van der Waals surface area contributed by atoms with Crippen molar-refractivity contribution in [2.75, 3.05) is 11.1 Å². The predicted molar refractivity (Wildman–Crippen MR) is 149 cm³/mol. The van der Waals surface area contributed by atoms with E-state index in [2.05, 4.69) is 40.6 Å². The van der Waals surface area contributed by atoms with Crippen LogP contribution in [0.15, 0.2) is 76.1 Å². The number of aromatic nitrogens is 3. The summed E-state index contributed by atoms with van der Waals surface area (Å²) in [6.07, 6.45) is 7.60. The van der Waals surface area contributed by atoms with Crippen LogP contribution >= 0.6 is 23.1 Å². The maximum absolute atomic E-state index is 14.3. The van der Waals surface area contributed by atoms with Gasteiger partial charge in [0.25, 0.3) is 5.56 Å². The summed E-state index contributed by atoms with van der Waals surface area (Å²) in [5.41, 5.74) is 5.10. The smallest absolute Gasteiger partial charge is 0.258 e. The van der Waals surface area contributed by atoms with Gasteiger partial charge in [0.15, 0.2) is 10.3 Å². The summed E-state index contributed by atoms with van der Waals surface area (Å²) < 4.78 is 1.82. The summed E-state index contributed by atoms with van der Waals surface area (Å²) in [6.45, 7) is 0.525. The number of carbonyl (C=O) groups excluding carboxylic acids is 1. The van der Waals surface area contributed by atoms with Crippen molar-refractivity contribution in [1.82, 2.24) is 14.5 Å². The molecule has 1 spiro atoms. The molecular weight excluding hydrogens is 500 g/mol. The van der Waals surface area contributed by atoms with Crippen molar-refractivity contribution in [3.63, 3.8) is 0 Å². The van der Waals surface area contributed by atoms with E-state index in [4.69, 9.17) is 4.98 Å². The molecular formula is C29H28N4O2S2. The predicted octanol–water partition coefficient (Wildman–Crippen LogP) is 5.71. The summed E-state index contributed by atoms with van der Waals surface area (Å²) >= 11 is 2.70. The second kappa shape index (κ2) is 10.3. The van der Waals surface area contributed by atoms with Crippen molar-refractivity contribution in [2.24, 2.45) is 0 Å². The maximum Gasteiger partial charge on any atom is 0.258 e. The first kappa shape index (κ1) is 24.1. The zero-order valence-electron chi connectivity index (χ0n) is 20.5. The molecule has 2 aliphatic carbocycles. The molecule has 1 amide bonds. The third kappa shape index (κ3) is 4.76. The van der Waals surface area contributed by atoms with Gasteiger partial charge in [-0.25, -0.2) is 9.97 Å². The van der Waals surface area contributed by atoms with E-state index in [1.165, 1.54) is 34.2 Å². The molecule has 0 saturated heterocycles. The number of thioether (sulfide) groups is 1. The fourth-order valence-electron chi connectivity index (χ4n) is 5.81. The van der Waals surface area contributed by atoms with E-state index in [0.717, 1.165) is 55.3 Å². The molecule has 6 nitrogen and oxygen atoms in total. The third-order valence-electron chi connectivity index (χ3n) is 7.50. The van der Waals surface area contributed by atoms with Crippen molar-refractivity contribution in [3.8, 4) is 11.3 Å². The van der Waals surface area contributed by atoms with Crippen molar-refractivity contribution in [2.45, 2.75) is 55.6 Å². The van der Waals surface area contributed by atoms with Crippen LogP contribution in [0.25, 0.3) is 11.3 Å². The summed E-state index contributed by atoms with van der Waals surface area (Å²) in [7, 11) is 0. The fraction of sp³-hybridized carbons (Fsp3) is 0.310. The number of benzene rings is 2. The molecule has 2 aromatic carbocycles. The lowest BCUT2D eigenvalue weighted by Gasteiger charge is -2.36. The lowest BCUT2D eigenvalue weighted by Crippen LogP contribution is -2.40. The number of anilines is 1. The molecule has 0 unspecified atom stereocenters. The Morgan fingerprint density at radius 2 is 1.86 bits per heavy atom. The summed E-state index contributed by atoms with van der Waals surface area (Å²) in [4.78, 5) is 36.3. The number of nitrogens with zero attached hydrogens (tertiary/aromatic N) is 3. The first-order valence-electron chi connectivity index (χ1n) is 12.7. The second-order valence-corrected chi connectivity index (χ2v) is 11.6. The van der Waals surface area contributed by atoms with Crippen LogP contribution < -0.4 is 10.9 Å². The van der Waals surface area contributed by atoms with Gasteiger partial charge in [0.2, 0.25) is 5.91 Å². The second-order valence-electron chi connectivity index (χ2n) is 9.81. The van der Waals surface area contributed by atoms with Crippen LogP contribution in [0, 0.1) is 0 Å². The number of hydrogen-bond acceptors (Lipinski definition) is 6. The molecule has 1 fully saturated rings. The standard InChI is InChI=1S/C29H28N4O2S2/c34-23(31-27-30-15-17-36-27)19-37-28-32-25-22-11-5-4-10-21(22)18-29(13-6-7-14-29)24(25)26(35)33(28)16-12-20-8-2-1-3-9-20/h1-5,8-11,15,17H,6-7,12-14,16,18-19H2,(H,30,31,34). The lowest BCUT2D eigenvalue weighted by molar-refractivity contribution is -0.113. The van der Waals surface area contributed by atoms with Gasteiger partial charge in [-0.2, -0.15) is 0 Å². The molecule has 0 bridgehead atoms. The minimum absolute atomic E-state index is 0.0557. The molecule has 2 heterocycles. The number of aryl methyl sites for hydroxylation is 1. The monoisotopic (exact) mass is 528 g/mol. The van der Waals surface area contributed by atoms with Crippen LogP contribution in [0.5, 0.6) is 0 Å². The SMILES string of the molecule is O=C(CSc1nc2c(c(=O)n1CCc1ccccc1)C1(CCCC1)Cc1ccccc1-2)Nc1nccs1. The number of rotatable bonds is 7. The highest BCUT2D eigenvalue weighted by atomic mass is 32.2. The van der Waals surface area contributed by atoms with Crippen molar-refractivity contribution in [1.29, 1.82) is 0 Å². The summed E-state index contributed by atoms with van der Waals surface area (Å²) in [5.74, 6) is -0.00247. The van der Waals surface area contributed by atoms with Gasteiger partial charge >= 0.3 is 0 Å². The van der Waals surface area contributed by atoms with Crippen LogP contribution in [0.1, 0.15) is 42.4 Å². The van der Waals surface area contributed by atoms with Crippen molar-refractivity contribution in [3.05, 3.63) is 93.2 Å². The van der Waals surface area contributed by atoms with Gasteiger partial charge in [0, 0.05) is 29.1 Å². The molecule has 2 aliphatic rings. The lowest BCUT2D eigenvalue weighted by atomic mass is 9.68. The molecule has 0 atom stereocenters. The van der Waals surface area contributed by atoms with Crippen LogP contribution in [0.2, 0.25) is 0 Å². The van der Waals surface area contributed by atoms with E-state index < -0.39 is 0 Å². The Hall–Kier alpha value is -3.23. The average molecular weight is 529 g/mol. The zero-order valence-corrected chi connectivity index (χ0v) is 22.1. The Morgan fingerprint density at radius 1 is 1.08 bits per heavy atom. The number of carbonyl (C=O) groups is 1. The van der Waals surface area contributed by atoms with Crippen LogP contribution in [-0.2, 0) is 29.6 Å². The Labute approximate surface area is 224 Å². The quantitative estimate of drug-likeness (QED) is 0.246. The Balaban J connectivity index is 1.41. The van der Waals surface area contributed by atoms with E-state index in [9.17, 15) is 9.59 Å². The summed E-state index contributed by atoms with van der Waals surface area (Å²) in [6, 6.07) is 18.6. The Morgan fingerprint density at radius 3 is 2.65 bits per heavy atom. The molecule has 4 aromatic rings. The van der Waals surface area contributed by atoms with Crippen molar-refractivity contribution >= 4 is 34.1 Å². The number of nitrogens with one attached hydrogen (secondary N) is 1. The molecule has 6 rings (SSSR count). The number of thiazole rings is 1. The molecule has 8 heteroatoms. The van der Waals surface area contributed by atoms with E-state index in [1.807, 2.05) is 34.2 Å².